The minimum absolute atomic E-state index is 0.104. The van der Waals surface area contributed by atoms with Gasteiger partial charge >= 0.3 is 0 Å². The van der Waals surface area contributed by atoms with Crippen molar-refractivity contribution >= 4 is 50.3 Å². The minimum Gasteiger partial charge on any atom is -0.323 e. The molecule has 0 aliphatic carbocycles. The molecule has 10 heteroatoms. The van der Waals surface area contributed by atoms with E-state index in [-0.39, 0.29) is 17.4 Å². The van der Waals surface area contributed by atoms with Crippen LogP contribution in [0.5, 0.6) is 0 Å². The number of hydrogen-bond acceptors (Lipinski definition) is 5. The normalized spacial score (nSPS) is 12.1. The quantitative estimate of drug-likeness (QED) is 0.316. The van der Waals surface area contributed by atoms with E-state index in [9.17, 15) is 13.6 Å². The van der Waals surface area contributed by atoms with Crippen molar-refractivity contribution in [2.45, 2.75) is 17.2 Å². The van der Waals surface area contributed by atoms with Gasteiger partial charge in [0.25, 0.3) is 0 Å². The number of thioether (sulfide) groups is 1. The average Bonchev–Trinajstić information content (AvgIpc) is 3.16. The van der Waals surface area contributed by atoms with Crippen LogP contribution in [0.4, 0.5) is 14.5 Å². The highest BCUT2D eigenvalue weighted by molar-refractivity contribution is 9.10. The molecule has 0 bridgehead atoms. The Bertz CT molecular complexity index is 1230. The lowest BCUT2D eigenvalue weighted by Gasteiger charge is -2.12. The Balaban J connectivity index is 1.56. The molecular weight excluding hydrogens is 476 g/mol. The van der Waals surface area contributed by atoms with Gasteiger partial charge in [-0.05, 0) is 49.4 Å². The highest BCUT2D eigenvalue weighted by atomic mass is 79.9. The molecule has 2 heterocycles. The summed E-state index contributed by atoms with van der Waals surface area (Å²) in [7, 11) is 0. The summed E-state index contributed by atoms with van der Waals surface area (Å²) in [5.41, 5.74) is 1.29. The fraction of sp³-hybridized carbons (Fsp3) is 0.100. The molecule has 0 aliphatic heterocycles. The number of nitrogens with zero attached hydrogens (tertiary/aromatic N) is 4. The third-order valence-corrected chi connectivity index (χ3v) is 5.86. The fourth-order valence-electron chi connectivity index (χ4n) is 2.73. The highest BCUT2D eigenvalue weighted by Gasteiger charge is 2.20. The maximum absolute atomic E-state index is 14.0. The molecule has 0 spiro atoms. The van der Waals surface area contributed by atoms with Crippen LogP contribution in [0.15, 0.2) is 64.5 Å². The molecule has 0 saturated heterocycles. The van der Waals surface area contributed by atoms with Gasteiger partial charge < -0.3 is 5.32 Å². The molecule has 4 aromatic rings. The van der Waals surface area contributed by atoms with Crippen molar-refractivity contribution in [3.05, 3.63) is 71.1 Å². The zero-order chi connectivity index (χ0) is 21.3. The van der Waals surface area contributed by atoms with Crippen LogP contribution in [-0.2, 0) is 4.79 Å². The molecule has 1 amide bonds. The van der Waals surface area contributed by atoms with Gasteiger partial charge in [0, 0.05) is 4.47 Å². The van der Waals surface area contributed by atoms with Crippen LogP contribution in [0.3, 0.4) is 0 Å². The summed E-state index contributed by atoms with van der Waals surface area (Å²) < 4.78 is 29.4. The SMILES string of the molecule is CC(Sc1ncnc2c1cnn2-c1ccc(F)cc1)C(=O)Nc1ccc(Br)cc1F. The lowest BCUT2D eigenvalue weighted by atomic mass is 10.3. The second kappa shape index (κ2) is 8.49. The van der Waals surface area contributed by atoms with Gasteiger partial charge in [0.15, 0.2) is 5.65 Å². The number of aromatic nitrogens is 4. The molecule has 0 aliphatic rings. The molecule has 152 valence electrons. The predicted octanol–water partition coefficient (Wildman–Crippen LogP) is 4.98. The first-order chi connectivity index (χ1) is 14.4. The Morgan fingerprint density at radius 3 is 2.67 bits per heavy atom. The Morgan fingerprint density at radius 1 is 1.17 bits per heavy atom. The molecule has 4 rings (SSSR count). The zero-order valence-corrected chi connectivity index (χ0v) is 17.9. The first-order valence-corrected chi connectivity index (χ1v) is 10.5. The zero-order valence-electron chi connectivity index (χ0n) is 15.5. The van der Waals surface area contributed by atoms with Gasteiger partial charge in [0.1, 0.15) is 23.0 Å². The van der Waals surface area contributed by atoms with E-state index in [0.29, 0.717) is 26.2 Å². The average molecular weight is 490 g/mol. The second-order valence-electron chi connectivity index (χ2n) is 6.32. The van der Waals surface area contributed by atoms with E-state index in [1.54, 1.807) is 36.0 Å². The standard InChI is InChI=1S/C20H14BrF2N5OS/c1-11(19(29)27-17-7-2-12(21)8-16(17)23)30-20-15-9-26-28(18(15)24-10-25-20)14-5-3-13(22)4-6-14/h2-11H,1H3,(H,27,29). The summed E-state index contributed by atoms with van der Waals surface area (Å²) in [5.74, 6) is -1.23. The molecule has 1 unspecified atom stereocenters. The van der Waals surface area contributed by atoms with Gasteiger partial charge in [0.2, 0.25) is 5.91 Å². The van der Waals surface area contributed by atoms with Gasteiger partial charge in [-0.2, -0.15) is 5.10 Å². The monoisotopic (exact) mass is 489 g/mol. The van der Waals surface area contributed by atoms with Crippen LogP contribution in [-0.4, -0.2) is 30.9 Å². The van der Waals surface area contributed by atoms with E-state index in [4.69, 9.17) is 0 Å². The summed E-state index contributed by atoms with van der Waals surface area (Å²) in [4.78, 5) is 21.1. The molecular formula is C20H14BrF2N5OS. The van der Waals surface area contributed by atoms with Crippen molar-refractivity contribution in [1.29, 1.82) is 0 Å². The number of fused-ring (bicyclic) bond motifs is 1. The Morgan fingerprint density at radius 2 is 1.93 bits per heavy atom. The molecule has 30 heavy (non-hydrogen) atoms. The van der Waals surface area contributed by atoms with Gasteiger partial charge in [-0.15, -0.1) is 0 Å². The summed E-state index contributed by atoms with van der Waals surface area (Å²) in [6, 6.07) is 10.3. The summed E-state index contributed by atoms with van der Waals surface area (Å²) in [6.07, 6.45) is 2.98. The van der Waals surface area contributed by atoms with Crippen molar-refractivity contribution < 1.29 is 13.6 Å². The maximum atomic E-state index is 14.0. The summed E-state index contributed by atoms with van der Waals surface area (Å²) >= 11 is 4.40. The molecule has 0 fully saturated rings. The minimum atomic E-state index is -0.555. The number of benzene rings is 2. The third kappa shape index (κ3) is 4.19. The number of amides is 1. The van der Waals surface area contributed by atoms with Crippen molar-refractivity contribution in [2.75, 3.05) is 5.32 Å². The topological polar surface area (TPSA) is 72.7 Å². The van der Waals surface area contributed by atoms with E-state index in [2.05, 4.69) is 36.3 Å². The first-order valence-electron chi connectivity index (χ1n) is 8.79. The van der Waals surface area contributed by atoms with Crippen LogP contribution in [0.1, 0.15) is 6.92 Å². The molecule has 1 N–H and O–H groups in total. The number of nitrogens with one attached hydrogen (secondary N) is 1. The van der Waals surface area contributed by atoms with E-state index in [1.165, 1.54) is 42.4 Å². The predicted molar refractivity (Wildman–Crippen MR) is 115 cm³/mol. The Hall–Kier alpha value is -2.85. The molecule has 2 aromatic heterocycles. The number of carbonyl (C=O) groups is 1. The lowest BCUT2D eigenvalue weighted by molar-refractivity contribution is -0.115. The van der Waals surface area contributed by atoms with E-state index in [0.717, 1.165) is 0 Å². The second-order valence-corrected chi connectivity index (χ2v) is 8.57. The van der Waals surface area contributed by atoms with Crippen LogP contribution in [0, 0.1) is 11.6 Å². The summed E-state index contributed by atoms with van der Waals surface area (Å²) in [6.45, 7) is 1.70. The summed E-state index contributed by atoms with van der Waals surface area (Å²) in [5, 5.41) is 7.57. The van der Waals surface area contributed by atoms with E-state index < -0.39 is 11.1 Å². The largest absolute Gasteiger partial charge is 0.323 e. The lowest BCUT2D eigenvalue weighted by Crippen LogP contribution is -2.23. The molecule has 6 nitrogen and oxygen atoms in total. The molecule has 0 radical (unpaired) electrons. The number of anilines is 1. The first kappa shape index (κ1) is 20.4. The van der Waals surface area contributed by atoms with Crippen molar-refractivity contribution in [2.24, 2.45) is 0 Å². The maximum Gasteiger partial charge on any atom is 0.237 e. The van der Waals surface area contributed by atoms with Gasteiger partial charge in [-0.1, -0.05) is 27.7 Å². The number of halogens is 3. The van der Waals surface area contributed by atoms with Crippen molar-refractivity contribution in [3.8, 4) is 5.69 Å². The van der Waals surface area contributed by atoms with Crippen molar-refractivity contribution in [3.63, 3.8) is 0 Å². The number of rotatable bonds is 5. The highest BCUT2D eigenvalue weighted by Crippen LogP contribution is 2.30. The Labute approximate surface area is 182 Å². The molecule has 1 atom stereocenters. The van der Waals surface area contributed by atoms with Gasteiger partial charge in [-0.25, -0.2) is 23.4 Å². The smallest absolute Gasteiger partial charge is 0.237 e. The molecule has 0 saturated carbocycles. The Kier molecular flexibility index (Phi) is 5.78. The third-order valence-electron chi connectivity index (χ3n) is 4.25. The number of carbonyl (C=O) groups excluding carboxylic acids is 1. The van der Waals surface area contributed by atoms with Gasteiger partial charge in [0.05, 0.1) is 28.2 Å². The van der Waals surface area contributed by atoms with Crippen molar-refractivity contribution in [1.82, 2.24) is 19.7 Å². The van der Waals surface area contributed by atoms with Crippen LogP contribution >= 0.6 is 27.7 Å². The molecule has 2 aromatic carbocycles. The van der Waals surface area contributed by atoms with Crippen LogP contribution in [0.2, 0.25) is 0 Å². The van der Waals surface area contributed by atoms with Crippen LogP contribution in [0.25, 0.3) is 16.7 Å². The van der Waals surface area contributed by atoms with E-state index >= 15 is 0 Å². The fourth-order valence-corrected chi connectivity index (χ4v) is 3.95. The number of hydrogen-bond donors (Lipinski definition) is 1. The van der Waals surface area contributed by atoms with Crippen LogP contribution < -0.4 is 5.32 Å². The van der Waals surface area contributed by atoms with Gasteiger partial charge in [-0.3, -0.25) is 4.79 Å². The van der Waals surface area contributed by atoms with E-state index in [1.807, 2.05) is 0 Å².